The van der Waals surface area contributed by atoms with Crippen LogP contribution in [0.3, 0.4) is 0 Å². The third-order valence-electron chi connectivity index (χ3n) is 5.48. The molecule has 0 radical (unpaired) electrons. The molecule has 1 aromatic heterocycles. The summed E-state index contributed by atoms with van der Waals surface area (Å²) in [6.45, 7) is 5.90. The molecule has 2 fully saturated rings. The average Bonchev–Trinajstić information content (AvgIpc) is 3.12. The molecule has 0 unspecified atom stereocenters. The normalized spacial score (nSPS) is 24.0. The molecular formula is C19H24N4O. The molecule has 126 valence electrons. The zero-order chi connectivity index (χ0) is 16.7. The number of nitrogens with zero attached hydrogens (tertiary/aromatic N) is 3. The van der Waals surface area contributed by atoms with Gasteiger partial charge in [-0.15, -0.1) is 0 Å². The summed E-state index contributed by atoms with van der Waals surface area (Å²) in [5.74, 6) is 0.193. The summed E-state index contributed by atoms with van der Waals surface area (Å²) >= 11 is 0. The van der Waals surface area contributed by atoms with Gasteiger partial charge < -0.3 is 5.32 Å². The first-order chi connectivity index (χ1) is 11.6. The Bertz CT molecular complexity index is 766. The molecule has 5 nitrogen and oxygen atoms in total. The Morgan fingerprint density at radius 1 is 1.21 bits per heavy atom. The van der Waals surface area contributed by atoms with Gasteiger partial charge in [0, 0.05) is 43.4 Å². The fourth-order valence-electron chi connectivity index (χ4n) is 3.89. The Balaban J connectivity index is 1.53. The van der Waals surface area contributed by atoms with Crippen LogP contribution in [0.1, 0.15) is 36.0 Å². The van der Waals surface area contributed by atoms with Crippen molar-refractivity contribution >= 4 is 5.91 Å². The van der Waals surface area contributed by atoms with Gasteiger partial charge in [0.05, 0.1) is 11.9 Å². The molecule has 0 saturated carbocycles. The minimum absolute atomic E-state index is 0.193. The van der Waals surface area contributed by atoms with Gasteiger partial charge >= 0.3 is 0 Å². The lowest BCUT2D eigenvalue weighted by Gasteiger charge is -2.26. The van der Waals surface area contributed by atoms with E-state index < -0.39 is 0 Å². The van der Waals surface area contributed by atoms with Crippen LogP contribution in [-0.2, 0) is 11.3 Å². The molecule has 1 amide bonds. The van der Waals surface area contributed by atoms with Crippen molar-refractivity contribution in [3.05, 3.63) is 47.3 Å². The first-order valence-electron chi connectivity index (χ1n) is 8.74. The molecule has 2 aliphatic rings. The van der Waals surface area contributed by atoms with E-state index in [4.69, 9.17) is 0 Å². The SMILES string of the molecule is Cc1ccc(-n2cc(CN3[C@@H]4CC[C@H]3CC(=O)NC4)cn2)cc1C. The predicted octanol–water partition coefficient (Wildman–Crippen LogP) is 2.34. The van der Waals surface area contributed by atoms with Crippen LogP contribution in [0.5, 0.6) is 0 Å². The number of carbonyl (C=O) groups excluding carboxylic acids is 1. The number of carbonyl (C=O) groups is 1. The average molecular weight is 324 g/mol. The van der Waals surface area contributed by atoms with Gasteiger partial charge in [0.15, 0.2) is 0 Å². The summed E-state index contributed by atoms with van der Waals surface area (Å²) < 4.78 is 1.95. The maximum Gasteiger partial charge on any atom is 0.221 e. The maximum absolute atomic E-state index is 11.8. The Kier molecular flexibility index (Phi) is 3.88. The molecule has 0 aliphatic carbocycles. The summed E-state index contributed by atoms with van der Waals surface area (Å²) in [6, 6.07) is 7.26. The second kappa shape index (κ2) is 6.06. The quantitative estimate of drug-likeness (QED) is 0.943. The number of aromatic nitrogens is 2. The fourth-order valence-corrected chi connectivity index (χ4v) is 3.89. The zero-order valence-electron chi connectivity index (χ0n) is 14.3. The van der Waals surface area contributed by atoms with Crippen molar-refractivity contribution in [2.75, 3.05) is 6.54 Å². The van der Waals surface area contributed by atoms with Gasteiger partial charge in [-0.05, 0) is 49.9 Å². The van der Waals surface area contributed by atoms with Crippen molar-refractivity contribution in [1.82, 2.24) is 20.0 Å². The van der Waals surface area contributed by atoms with Crippen molar-refractivity contribution in [1.29, 1.82) is 0 Å². The molecule has 1 N–H and O–H groups in total. The highest BCUT2D eigenvalue weighted by molar-refractivity contribution is 5.77. The highest BCUT2D eigenvalue weighted by atomic mass is 16.1. The number of hydrogen-bond acceptors (Lipinski definition) is 3. The fraction of sp³-hybridized carbons (Fsp3) is 0.474. The lowest BCUT2D eigenvalue weighted by molar-refractivity contribution is -0.121. The summed E-state index contributed by atoms with van der Waals surface area (Å²) in [7, 11) is 0. The molecule has 4 rings (SSSR count). The third-order valence-corrected chi connectivity index (χ3v) is 5.48. The number of rotatable bonds is 3. The van der Waals surface area contributed by atoms with E-state index >= 15 is 0 Å². The van der Waals surface area contributed by atoms with Crippen LogP contribution in [0.4, 0.5) is 0 Å². The minimum Gasteiger partial charge on any atom is -0.354 e. The third kappa shape index (κ3) is 2.84. The molecule has 2 aliphatic heterocycles. The molecule has 5 heteroatoms. The van der Waals surface area contributed by atoms with Gasteiger partial charge in [0.2, 0.25) is 5.91 Å². The van der Waals surface area contributed by atoms with Crippen LogP contribution in [0.15, 0.2) is 30.6 Å². The Morgan fingerprint density at radius 2 is 2.04 bits per heavy atom. The zero-order valence-corrected chi connectivity index (χ0v) is 14.3. The van der Waals surface area contributed by atoms with Gasteiger partial charge in [-0.3, -0.25) is 9.69 Å². The van der Waals surface area contributed by atoms with E-state index in [0.29, 0.717) is 18.5 Å². The summed E-state index contributed by atoms with van der Waals surface area (Å²) in [5, 5.41) is 7.57. The monoisotopic (exact) mass is 324 g/mol. The lowest BCUT2D eigenvalue weighted by Crippen LogP contribution is -2.37. The van der Waals surface area contributed by atoms with Crippen LogP contribution in [-0.4, -0.2) is 39.2 Å². The minimum atomic E-state index is 0.193. The van der Waals surface area contributed by atoms with Gasteiger partial charge in [-0.2, -0.15) is 5.10 Å². The van der Waals surface area contributed by atoms with Gasteiger partial charge in [0.25, 0.3) is 0 Å². The van der Waals surface area contributed by atoms with E-state index in [9.17, 15) is 4.79 Å². The summed E-state index contributed by atoms with van der Waals surface area (Å²) in [4.78, 5) is 14.3. The van der Waals surface area contributed by atoms with Crippen molar-refractivity contribution < 1.29 is 4.79 Å². The van der Waals surface area contributed by atoms with Crippen LogP contribution >= 0.6 is 0 Å². The Morgan fingerprint density at radius 3 is 2.88 bits per heavy atom. The van der Waals surface area contributed by atoms with E-state index in [0.717, 1.165) is 25.2 Å². The van der Waals surface area contributed by atoms with Crippen LogP contribution in [0.2, 0.25) is 0 Å². The second-order valence-corrected chi connectivity index (χ2v) is 7.13. The number of hydrogen-bond donors (Lipinski definition) is 1. The molecule has 0 spiro atoms. The highest BCUT2D eigenvalue weighted by Gasteiger charge is 2.37. The molecule has 24 heavy (non-hydrogen) atoms. The number of benzene rings is 1. The van der Waals surface area contributed by atoms with Gasteiger partial charge in [-0.25, -0.2) is 4.68 Å². The molecule has 1 aromatic carbocycles. The van der Waals surface area contributed by atoms with Crippen LogP contribution in [0.25, 0.3) is 5.69 Å². The summed E-state index contributed by atoms with van der Waals surface area (Å²) in [5.41, 5.74) is 4.88. The van der Waals surface area contributed by atoms with E-state index in [1.807, 2.05) is 10.9 Å². The van der Waals surface area contributed by atoms with Crippen LogP contribution < -0.4 is 5.32 Å². The number of amides is 1. The molecule has 2 aromatic rings. The largest absolute Gasteiger partial charge is 0.354 e. The van der Waals surface area contributed by atoms with E-state index in [1.54, 1.807) is 0 Å². The highest BCUT2D eigenvalue weighted by Crippen LogP contribution is 2.30. The van der Waals surface area contributed by atoms with E-state index in [2.05, 4.69) is 53.6 Å². The number of fused-ring (bicyclic) bond motifs is 2. The van der Waals surface area contributed by atoms with Gasteiger partial charge in [-0.1, -0.05) is 6.07 Å². The van der Waals surface area contributed by atoms with Crippen molar-refractivity contribution in [2.45, 2.75) is 51.7 Å². The topological polar surface area (TPSA) is 50.2 Å². The number of nitrogens with one attached hydrogen (secondary N) is 1. The summed E-state index contributed by atoms with van der Waals surface area (Å²) in [6.07, 6.45) is 7.00. The smallest absolute Gasteiger partial charge is 0.221 e. The van der Waals surface area contributed by atoms with Crippen molar-refractivity contribution in [3.63, 3.8) is 0 Å². The molecule has 2 atom stereocenters. The second-order valence-electron chi connectivity index (χ2n) is 7.13. The molecular weight excluding hydrogens is 300 g/mol. The van der Waals surface area contributed by atoms with Gasteiger partial charge in [0.1, 0.15) is 0 Å². The van der Waals surface area contributed by atoms with Crippen molar-refractivity contribution in [3.8, 4) is 5.69 Å². The number of aryl methyl sites for hydroxylation is 2. The Labute approximate surface area is 142 Å². The lowest BCUT2D eigenvalue weighted by atomic mass is 10.1. The van der Waals surface area contributed by atoms with E-state index in [-0.39, 0.29) is 5.91 Å². The van der Waals surface area contributed by atoms with Crippen LogP contribution in [0, 0.1) is 13.8 Å². The molecule has 3 heterocycles. The Hall–Kier alpha value is -2.14. The first kappa shape index (κ1) is 15.4. The van der Waals surface area contributed by atoms with Crippen molar-refractivity contribution in [2.24, 2.45) is 0 Å². The molecule has 2 bridgehead atoms. The van der Waals surface area contributed by atoms with E-state index in [1.165, 1.54) is 23.1 Å². The predicted molar refractivity (Wildman–Crippen MR) is 93.0 cm³/mol. The standard InChI is InChI=1S/C19H24N4O/c1-13-3-4-17(7-14(13)2)23-12-15(9-21-23)11-22-16-5-6-18(22)10-20-19(24)8-16/h3-4,7,9,12,16,18H,5-6,8,10-11H2,1-2H3,(H,20,24)/t16-,18+/m0/s1. The first-order valence-corrected chi connectivity index (χ1v) is 8.74. The maximum atomic E-state index is 11.8. The molecule has 2 saturated heterocycles.